The van der Waals surface area contributed by atoms with Crippen molar-refractivity contribution in [3.63, 3.8) is 0 Å². The quantitative estimate of drug-likeness (QED) is 0.333. The van der Waals surface area contributed by atoms with Crippen molar-refractivity contribution in [2.45, 2.75) is 0 Å². The van der Waals surface area contributed by atoms with Crippen LogP contribution in [-0.2, 0) is 0 Å². The Bertz CT molecular complexity index is 1280. The number of benzene rings is 3. The normalized spacial score (nSPS) is 10.9. The number of para-hydroxylation sites is 2. The van der Waals surface area contributed by atoms with Gasteiger partial charge in [0.25, 0.3) is 0 Å². The molecule has 0 bridgehead atoms. The van der Waals surface area contributed by atoms with Crippen LogP contribution in [0.15, 0.2) is 90.4 Å². The van der Waals surface area contributed by atoms with Gasteiger partial charge < -0.3 is 5.32 Å². The van der Waals surface area contributed by atoms with E-state index in [0.29, 0.717) is 0 Å². The predicted molar refractivity (Wildman–Crippen MR) is 123 cm³/mol. The predicted octanol–water partition coefficient (Wildman–Crippen LogP) is 7.42. The summed E-state index contributed by atoms with van der Waals surface area (Å²) in [5.41, 5.74) is 5.95. The number of anilines is 2. The first-order valence-electron chi connectivity index (χ1n) is 9.19. The molecule has 0 aliphatic carbocycles. The number of aromatic nitrogens is 2. The van der Waals surface area contributed by atoms with Crippen molar-refractivity contribution in [1.29, 1.82) is 0 Å². The number of fused-ring (bicyclic) bond motifs is 1. The largest absolute Gasteiger partial charge is 0.354 e. The van der Waals surface area contributed by atoms with Crippen LogP contribution in [0.2, 0.25) is 5.02 Å². The number of pyridine rings is 1. The van der Waals surface area contributed by atoms with E-state index >= 15 is 0 Å². The number of rotatable bonds is 4. The summed E-state index contributed by atoms with van der Waals surface area (Å²) in [7, 11) is 0. The molecule has 140 valence electrons. The first-order valence-corrected chi connectivity index (χ1v) is 10.5. The zero-order valence-electron chi connectivity index (χ0n) is 15.3. The zero-order chi connectivity index (χ0) is 19.6. The van der Waals surface area contributed by atoms with Gasteiger partial charge in [0.2, 0.25) is 0 Å². The van der Waals surface area contributed by atoms with Crippen molar-refractivity contribution in [3.05, 3.63) is 95.5 Å². The van der Waals surface area contributed by atoms with E-state index in [1.807, 2.05) is 66.9 Å². The van der Waals surface area contributed by atoms with E-state index < -0.39 is 0 Å². The van der Waals surface area contributed by atoms with E-state index in [-0.39, 0.29) is 0 Å². The number of hydrogen-bond donors (Lipinski definition) is 1. The molecule has 5 rings (SSSR count). The maximum atomic E-state index is 6.02. The lowest BCUT2D eigenvalue weighted by molar-refractivity contribution is 1.36. The summed E-state index contributed by atoms with van der Waals surface area (Å²) in [4.78, 5) is 9.55. The minimum Gasteiger partial charge on any atom is -0.354 e. The molecule has 5 heteroatoms. The average Bonchev–Trinajstić information content (AvgIpc) is 3.25. The molecule has 0 radical (unpaired) electrons. The van der Waals surface area contributed by atoms with Crippen LogP contribution in [0.4, 0.5) is 11.4 Å². The van der Waals surface area contributed by atoms with Gasteiger partial charge in [-0.2, -0.15) is 0 Å². The lowest BCUT2D eigenvalue weighted by Gasteiger charge is -2.13. The second-order valence-corrected chi connectivity index (χ2v) is 7.89. The first-order chi connectivity index (χ1) is 14.3. The fourth-order valence-corrected chi connectivity index (χ4v) is 4.23. The van der Waals surface area contributed by atoms with Crippen LogP contribution in [0.1, 0.15) is 0 Å². The molecule has 2 aromatic heterocycles. The topological polar surface area (TPSA) is 37.8 Å². The molecule has 2 heterocycles. The van der Waals surface area contributed by atoms with Crippen LogP contribution >= 0.6 is 22.9 Å². The SMILES string of the molecule is Clc1ccc(-c2csc(-c3cnc4ccccc4c3Nc3ccccc3)n2)cc1. The Morgan fingerprint density at radius 3 is 2.41 bits per heavy atom. The summed E-state index contributed by atoms with van der Waals surface area (Å²) in [6.07, 6.45) is 1.90. The summed E-state index contributed by atoms with van der Waals surface area (Å²) in [5.74, 6) is 0. The van der Waals surface area contributed by atoms with E-state index in [1.54, 1.807) is 11.3 Å². The second kappa shape index (κ2) is 7.66. The molecule has 3 aromatic carbocycles. The van der Waals surface area contributed by atoms with E-state index in [4.69, 9.17) is 16.6 Å². The minimum atomic E-state index is 0.720. The molecule has 3 nitrogen and oxygen atoms in total. The minimum absolute atomic E-state index is 0.720. The lowest BCUT2D eigenvalue weighted by Crippen LogP contribution is -1.96. The molecule has 0 amide bonds. The Morgan fingerprint density at radius 2 is 1.59 bits per heavy atom. The molecule has 0 aliphatic rings. The highest BCUT2D eigenvalue weighted by atomic mass is 35.5. The smallest absolute Gasteiger partial charge is 0.127 e. The number of nitrogens with one attached hydrogen (secondary N) is 1. The highest BCUT2D eigenvalue weighted by Gasteiger charge is 2.15. The summed E-state index contributed by atoms with van der Waals surface area (Å²) in [6.45, 7) is 0. The molecule has 0 aliphatic heterocycles. The van der Waals surface area contributed by atoms with Crippen LogP contribution in [0.5, 0.6) is 0 Å². The Hall–Kier alpha value is -3.21. The third kappa shape index (κ3) is 3.60. The molecule has 0 unspecified atom stereocenters. The summed E-state index contributed by atoms with van der Waals surface area (Å²) >= 11 is 7.63. The van der Waals surface area contributed by atoms with E-state index in [1.165, 1.54) is 0 Å². The van der Waals surface area contributed by atoms with Gasteiger partial charge in [0.05, 0.1) is 22.5 Å². The molecule has 0 saturated heterocycles. The highest BCUT2D eigenvalue weighted by Crippen LogP contribution is 2.38. The summed E-state index contributed by atoms with van der Waals surface area (Å²) < 4.78 is 0. The van der Waals surface area contributed by atoms with Gasteiger partial charge in [-0.1, -0.05) is 60.1 Å². The second-order valence-electron chi connectivity index (χ2n) is 6.60. The molecule has 0 atom stereocenters. The van der Waals surface area contributed by atoms with Gasteiger partial charge in [-0.25, -0.2) is 4.98 Å². The molecule has 1 N–H and O–H groups in total. The number of halogens is 1. The van der Waals surface area contributed by atoms with Gasteiger partial charge in [-0.05, 0) is 30.3 Å². The monoisotopic (exact) mass is 413 g/mol. The van der Waals surface area contributed by atoms with Crippen molar-refractivity contribution in [2.24, 2.45) is 0 Å². The summed E-state index contributed by atoms with van der Waals surface area (Å²) in [5, 5.41) is 8.36. The van der Waals surface area contributed by atoms with Gasteiger partial charge in [0, 0.05) is 33.2 Å². The van der Waals surface area contributed by atoms with Gasteiger partial charge in [-0.3, -0.25) is 4.98 Å². The zero-order valence-corrected chi connectivity index (χ0v) is 16.9. The molecular formula is C24H16ClN3S. The van der Waals surface area contributed by atoms with Crippen LogP contribution in [0, 0.1) is 0 Å². The van der Waals surface area contributed by atoms with E-state index in [2.05, 4.69) is 33.9 Å². The first kappa shape index (κ1) is 17.9. The summed E-state index contributed by atoms with van der Waals surface area (Å²) in [6, 6.07) is 26.1. The maximum absolute atomic E-state index is 6.02. The number of hydrogen-bond acceptors (Lipinski definition) is 4. The molecule has 0 saturated carbocycles. The van der Waals surface area contributed by atoms with Crippen molar-refractivity contribution in [3.8, 4) is 21.8 Å². The Kier molecular flexibility index (Phi) is 4.72. The van der Waals surface area contributed by atoms with Gasteiger partial charge in [0.15, 0.2) is 0 Å². The van der Waals surface area contributed by atoms with Crippen LogP contribution in [0.3, 0.4) is 0 Å². The third-order valence-electron chi connectivity index (χ3n) is 4.69. The van der Waals surface area contributed by atoms with Crippen molar-refractivity contribution in [1.82, 2.24) is 9.97 Å². The van der Waals surface area contributed by atoms with Crippen molar-refractivity contribution >= 4 is 45.2 Å². The van der Waals surface area contributed by atoms with Crippen LogP contribution < -0.4 is 5.32 Å². The standard InChI is InChI=1S/C24H16ClN3S/c25-17-12-10-16(11-13-17)22-15-29-24(28-22)20-14-26-21-9-5-4-8-19(21)23(20)27-18-6-2-1-3-7-18/h1-15H,(H,26,27). The Morgan fingerprint density at radius 1 is 0.828 bits per heavy atom. The van der Waals surface area contributed by atoms with Gasteiger partial charge >= 0.3 is 0 Å². The molecule has 0 fully saturated rings. The Balaban J connectivity index is 1.63. The third-order valence-corrected chi connectivity index (χ3v) is 5.82. The average molecular weight is 414 g/mol. The van der Waals surface area contributed by atoms with E-state index in [9.17, 15) is 0 Å². The van der Waals surface area contributed by atoms with Gasteiger partial charge in [0.1, 0.15) is 5.01 Å². The molecule has 0 spiro atoms. The molecule has 5 aromatic rings. The van der Waals surface area contributed by atoms with Crippen LogP contribution in [0.25, 0.3) is 32.7 Å². The fourth-order valence-electron chi connectivity index (χ4n) is 3.25. The van der Waals surface area contributed by atoms with Crippen molar-refractivity contribution in [2.75, 3.05) is 5.32 Å². The lowest BCUT2D eigenvalue weighted by atomic mass is 10.1. The fraction of sp³-hybridized carbons (Fsp3) is 0. The van der Waals surface area contributed by atoms with E-state index in [0.717, 1.165) is 49.1 Å². The molecular weight excluding hydrogens is 398 g/mol. The van der Waals surface area contributed by atoms with Crippen molar-refractivity contribution < 1.29 is 0 Å². The Labute approximate surface area is 177 Å². The van der Waals surface area contributed by atoms with Gasteiger partial charge in [-0.15, -0.1) is 11.3 Å². The number of thiazole rings is 1. The number of nitrogens with zero attached hydrogens (tertiary/aromatic N) is 2. The maximum Gasteiger partial charge on any atom is 0.127 e. The highest BCUT2D eigenvalue weighted by molar-refractivity contribution is 7.13. The molecule has 29 heavy (non-hydrogen) atoms. The van der Waals surface area contributed by atoms with Crippen LogP contribution in [-0.4, -0.2) is 9.97 Å².